The van der Waals surface area contributed by atoms with E-state index < -0.39 is 0 Å². The van der Waals surface area contributed by atoms with Gasteiger partial charge in [0.15, 0.2) is 5.76 Å². The highest BCUT2D eigenvalue weighted by Crippen LogP contribution is 2.20. The minimum Gasteiger partial charge on any atom is -0.453 e. The Morgan fingerprint density at radius 3 is 2.79 bits per heavy atom. The average molecular weight is 259 g/mol. The summed E-state index contributed by atoms with van der Waals surface area (Å²) in [7, 11) is 0. The van der Waals surface area contributed by atoms with Crippen molar-refractivity contribution in [2.24, 2.45) is 0 Å². The van der Waals surface area contributed by atoms with E-state index in [4.69, 9.17) is 4.42 Å². The van der Waals surface area contributed by atoms with Gasteiger partial charge in [-0.2, -0.15) is 0 Å². The van der Waals surface area contributed by atoms with E-state index in [9.17, 15) is 9.90 Å². The van der Waals surface area contributed by atoms with Gasteiger partial charge >= 0.3 is 0 Å². The second kappa shape index (κ2) is 5.15. The van der Waals surface area contributed by atoms with Crippen LogP contribution in [0.15, 0.2) is 34.7 Å². The lowest BCUT2D eigenvalue weighted by Gasteiger charge is -2.28. The van der Waals surface area contributed by atoms with Crippen LogP contribution in [0, 0.1) is 0 Å². The molecule has 1 N–H and O–H groups in total. The van der Waals surface area contributed by atoms with Gasteiger partial charge in [0.2, 0.25) is 5.78 Å². The van der Waals surface area contributed by atoms with Crippen molar-refractivity contribution in [2.75, 3.05) is 19.6 Å². The molecule has 2 aromatic rings. The molecule has 0 saturated carbocycles. The molecule has 4 nitrogen and oxygen atoms in total. The molecular formula is C15H17NO3. The number of ketones is 1. The number of aliphatic hydroxyl groups excluding tert-OH is 1. The second-order valence-corrected chi connectivity index (χ2v) is 5.08. The topological polar surface area (TPSA) is 53.7 Å². The highest BCUT2D eigenvalue weighted by Gasteiger charge is 2.21. The van der Waals surface area contributed by atoms with Gasteiger partial charge in [-0.1, -0.05) is 18.2 Å². The molecule has 1 fully saturated rings. The number of benzene rings is 1. The zero-order valence-electron chi connectivity index (χ0n) is 10.7. The van der Waals surface area contributed by atoms with Gasteiger partial charge in [0.1, 0.15) is 5.58 Å². The van der Waals surface area contributed by atoms with Crippen molar-refractivity contribution in [2.45, 2.75) is 18.9 Å². The Bertz CT molecular complexity index is 549. The summed E-state index contributed by atoms with van der Waals surface area (Å²) in [6, 6.07) is 9.43. The van der Waals surface area contributed by atoms with E-state index in [1.165, 1.54) is 0 Å². The van der Waals surface area contributed by atoms with Crippen LogP contribution in [0.4, 0.5) is 0 Å². The summed E-state index contributed by atoms with van der Waals surface area (Å²) in [6.45, 7) is 1.91. The third kappa shape index (κ3) is 2.69. The quantitative estimate of drug-likeness (QED) is 0.857. The van der Waals surface area contributed by atoms with Gasteiger partial charge in [-0.25, -0.2) is 0 Å². The molecule has 0 bridgehead atoms. The summed E-state index contributed by atoms with van der Waals surface area (Å²) in [5, 5.41) is 10.4. The van der Waals surface area contributed by atoms with Crippen LogP contribution in [0.5, 0.6) is 0 Å². The summed E-state index contributed by atoms with van der Waals surface area (Å²) in [6.07, 6.45) is 1.28. The number of Topliss-reactive ketones (excluding diaryl/α,β-unsaturated/α-hetero) is 1. The van der Waals surface area contributed by atoms with Crippen molar-refractivity contribution in [1.82, 2.24) is 4.90 Å². The van der Waals surface area contributed by atoms with Gasteiger partial charge in [0.05, 0.1) is 12.6 Å². The Hall–Kier alpha value is -1.65. The summed E-state index contributed by atoms with van der Waals surface area (Å²) in [5.74, 6) is 0.430. The number of fused-ring (bicyclic) bond motifs is 1. The fourth-order valence-corrected chi connectivity index (χ4v) is 2.48. The predicted molar refractivity (Wildman–Crippen MR) is 72.2 cm³/mol. The van der Waals surface area contributed by atoms with Crippen molar-refractivity contribution in [3.8, 4) is 0 Å². The zero-order valence-corrected chi connectivity index (χ0v) is 10.7. The summed E-state index contributed by atoms with van der Waals surface area (Å²) in [5.41, 5.74) is 0.750. The van der Waals surface area contributed by atoms with Crippen molar-refractivity contribution >= 4 is 16.8 Å². The van der Waals surface area contributed by atoms with Gasteiger partial charge in [-0.3, -0.25) is 9.69 Å². The summed E-state index contributed by atoms with van der Waals surface area (Å²) in [4.78, 5) is 14.2. The van der Waals surface area contributed by atoms with E-state index in [2.05, 4.69) is 4.90 Å². The number of likely N-dealkylation sites (tertiary alicyclic amines) is 1. The molecule has 0 unspecified atom stereocenters. The van der Waals surface area contributed by atoms with E-state index in [0.29, 0.717) is 12.3 Å². The monoisotopic (exact) mass is 259 g/mol. The van der Waals surface area contributed by atoms with E-state index in [-0.39, 0.29) is 11.9 Å². The largest absolute Gasteiger partial charge is 0.453 e. The number of carbonyl (C=O) groups is 1. The maximum Gasteiger partial charge on any atom is 0.211 e. The zero-order chi connectivity index (χ0) is 13.2. The van der Waals surface area contributed by atoms with E-state index in [1.54, 1.807) is 6.07 Å². The van der Waals surface area contributed by atoms with Crippen LogP contribution in [0.3, 0.4) is 0 Å². The van der Waals surface area contributed by atoms with Gasteiger partial charge in [0, 0.05) is 18.5 Å². The SMILES string of the molecule is O=C(CN1CCC(O)CC1)c1cc2ccccc2o1. The average Bonchev–Trinajstić information content (AvgIpc) is 2.85. The number of aliphatic hydroxyl groups is 1. The lowest BCUT2D eigenvalue weighted by Crippen LogP contribution is -2.38. The number of nitrogens with zero attached hydrogens (tertiary/aromatic N) is 1. The fourth-order valence-electron chi connectivity index (χ4n) is 2.48. The van der Waals surface area contributed by atoms with Gasteiger partial charge in [0.25, 0.3) is 0 Å². The third-order valence-corrected chi connectivity index (χ3v) is 3.62. The lowest BCUT2D eigenvalue weighted by molar-refractivity contribution is 0.0697. The summed E-state index contributed by atoms with van der Waals surface area (Å²) >= 11 is 0. The molecule has 1 saturated heterocycles. The molecular weight excluding hydrogens is 242 g/mol. The number of furan rings is 1. The first-order valence-corrected chi connectivity index (χ1v) is 6.64. The molecule has 1 aliphatic heterocycles. The molecule has 0 atom stereocenters. The standard InChI is InChI=1S/C15H17NO3/c17-12-5-7-16(8-6-12)10-13(18)15-9-11-3-1-2-4-14(11)19-15/h1-4,9,12,17H,5-8,10H2. The summed E-state index contributed by atoms with van der Waals surface area (Å²) < 4.78 is 5.57. The van der Waals surface area contributed by atoms with Gasteiger partial charge in [-0.15, -0.1) is 0 Å². The molecule has 0 aliphatic carbocycles. The highest BCUT2D eigenvalue weighted by molar-refractivity contribution is 5.98. The Kier molecular flexibility index (Phi) is 3.36. The molecule has 0 radical (unpaired) electrons. The number of hydrogen-bond acceptors (Lipinski definition) is 4. The Labute approximate surface area is 111 Å². The van der Waals surface area contributed by atoms with E-state index in [1.807, 2.05) is 24.3 Å². The molecule has 1 aliphatic rings. The van der Waals surface area contributed by atoms with Gasteiger partial charge in [-0.05, 0) is 25.0 Å². The first-order chi connectivity index (χ1) is 9.22. The van der Waals surface area contributed by atoms with E-state index in [0.717, 1.165) is 36.9 Å². The minimum absolute atomic E-state index is 0.00703. The third-order valence-electron chi connectivity index (χ3n) is 3.62. The highest BCUT2D eigenvalue weighted by atomic mass is 16.3. The predicted octanol–water partition coefficient (Wildman–Crippen LogP) is 2.07. The molecule has 0 amide bonds. The minimum atomic E-state index is -0.211. The van der Waals surface area contributed by atoms with Crippen LogP contribution in [-0.2, 0) is 0 Å². The first kappa shape index (κ1) is 12.4. The number of carbonyl (C=O) groups excluding carboxylic acids is 1. The maximum absolute atomic E-state index is 12.2. The van der Waals surface area contributed by atoms with Crippen LogP contribution in [0.1, 0.15) is 23.4 Å². The van der Waals surface area contributed by atoms with Crippen LogP contribution in [-0.4, -0.2) is 41.5 Å². The Morgan fingerprint density at radius 2 is 2.05 bits per heavy atom. The van der Waals surface area contributed by atoms with Crippen molar-refractivity contribution in [1.29, 1.82) is 0 Å². The smallest absolute Gasteiger partial charge is 0.211 e. The van der Waals surface area contributed by atoms with Crippen molar-refractivity contribution in [3.63, 3.8) is 0 Å². The van der Waals surface area contributed by atoms with Crippen LogP contribution < -0.4 is 0 Å². The van der Waals surface area contributed by atoms with Crippen molar-refractivity contribution in [3.05, 3.63) is 36.1 Å². The molecule has 0 spiro atoms. The molecule has 100 valence electrons. The maximum atomic E-state index is 12.2. The lowest BCUT2D eigenvalue weighted by atomic mass is 10.1. The molecule has 1 aromatic heterocycles. The fraction of sp³-hybridized carbons (Fsp3) is 0.400. The Morgan fingerprint density at radius 1 is 1.32 bits per heavy atom. The second-order valence-electron chi connectivity index (χ2n) is 5.08. The Balaban J connectivity index is 1.70. The number of hydrogen-bond donors (Lipinski definition) is 1. The molecule has 4 heteroatoms. The van der Waals surface area contributed by atoms with Crippen molar-refractivity contribution < 1.29 is 14.3 Å². The van der Waals surface area contributed by atoms with Crippen LogP contribution in [0.2, 0.25) is 0 Å². The normalized spacial score (nSPS) is 17.9. The van der Waals surface area contributed by atoms with Gasteiger partial charge < -0.3 is 9.52 Å². The molecule has 3 rings (SSSR count). The molecule has 1 aromatic carbocycles. The van der Waals surface area contributed by atoms with E-state index >= 15 is 0 Å². The molecule has 19 heavy (non-hydrogen) atoms. The number of rotatable bonds is 3. The number of piperidine rings is 1. The first-order valence-electron chi connectivity index (χ1n) is 6.64. The number of para-hydroxylation sites is 1. The molecule has 2 heterocycles. The van der Waals surface area contributed by atoms with Crippen LogP contribution in [0.25, 0.3) is 11.0 Å². The van der Waals surface area contributed by atoms with Crippen LogP contribution >= 0.6 is 0 Å².